The molecule has 1 saturated heterocycles. The first kappa shape index (κ1) is 13.0. The molecule has 1 heterocycles. The second-order valence-electron chi connectivity index (χ2n) is 4.58. The smallest absolute Gasteiger partial charge is 0.243 e. The first-order valence-electron chi connectivity index (χ1n) is 5.99. The summed E-state index contributed by atoms with van der Waals surface area (Å²) in [5.41, 5.74) is 5.85. The topological polar surface area (TPSA) is 84.6 Å². The minimum atomic E-state index is -0.970. The summed E-state index contributed by atoms with van der Waals surface area (Å²) in [5.74, 6) is -0.275. The lowest BCUT2D eigenvalue weighted by Crippen LogP contribution is -2.55. The van der Waals surface area contributed by atoms with Crippen LogP contribution in [0.1, 0.15) is 18.0 Å². The SMILES string of the molecule is NC1(C(=O)N[C@H](CO)c2ccccc2)CCOC1. The molecule has 1 aromatic carbocycles. The van der Waals surface area contributed by atoms with Gasteiger partial charge in [-0.3, -0.25) is 4.79 Å². The zero-order valence-corrected chi connectivity index (χ0v) is 10.1. The average Bonchev–Trinajstić information content (AvgIpc) is 2.85. The number of aliphatic hydroxyl groups is 1. The van der Waals surface area contributed by atoms with E-state index in [4.69, 9.17) is 10.5 Å². The Hall–Kier alpha value is -1.43. The fourth-order valence-corrected chi connectivity index (χ4v) is 1.98. The highest BCUT2D eigenvalue weighted by atomic mass is 16.5. The third-order valence-electron chi connectivity index (χ3n) is 3.19. The van der Waals surface area contributed by atoms with E-state index in [-0.39, 0.29) is 19.1 Å². The van der Waals surface area contributed by atoms with Gasteiger partial charge in [-0.15, -0.1) is 0 Å². The number of amides is 1. The van der Waals surface area contributed by atoms with Gasteiger partial charge in [-0.25, -0.2) is 0 Å². The maximum atomic E-state index is 12.1. The number of carbonyl (C=O) groups excluding carboxylic acids is 1. The largest absolute Gasteiger partial charge is 0.394 e. The number of nitrogens with two attached hydrogens (primary N) is 1. The third-order valence-corrected chi connectivity index (χ3v) is 3.19. The van der Waals surface area contributed by atoms with Crippen LogP contribution in [0.5, 0.6) is 0 Å². The van der Waals surface area contributed by atoms with Crippen molar-refractivity contribution in [3.8, 4) is 0 Å². The predicted molar refractivity (Wildman–Crippen MR) is 66.8 cm³/mol. The molecule has 1 fully saturated rings. The number of ether oxygens (including phenoxy) is 1. The Kier molecular flexibility index (Phi) is 3.96. The fraction of sp³-hybridized carbons (Fsp3) is 0.462. The van der Waals surface area contributed by atoms with E-state index in [9.17, 15) is 9.90 Å². The third kappa shape index (κ3) is 2.69. The molecule has 1 aliphatic rings. The summed E-state index contributed by atoms with van der Waals surface area (Å²) in [6.45, 7) is 0.567. The van der Waals surface area contributed by atoms with Crippen LogP contribution in [0.25, 0.3) is 0 Å². The standard InChI is InChI=1S/C13H18N2O3/c14-13(6-7-18-9-13)12(17)15-11(8-16)10-4-2-1-3-5-10/h1-5,11,16H,6-9,14H2,(H,15,17)/t11-,13?/m1/s1. The zero-order chi connectivity index (χ0) is 13.0. The highest BCUT2D eigenvalue weighted by Gasteiger charge is 2.39. The quantitative estimate of drug-likeness (QED) is 0.699. The van der Waals surface area contributed by atoms with Gasteiger partial charge in [-0.1, -0.05) is 30.3 Å². The molecule has 0 bridgehead atoms. The molecule has 1 aromatic rings. The van der Waals surface area contributed by atoms with Gasteiger partial charge in [0, 0.05) is 6.61 Å². The molecule has 5 heteroatoms. The molecule has 0 saturated carbocycles. The van der Waals surface area contributed by atoms with Gasteiger partial charge in [0.2, 0.25) is 5.91 Å². The molecular formula is C13H18N2O3. The van der Waals surface area contributed by atoms with Crippen molar-refractivity contribution in [1.82, 2.24) is 5.32 Å². The maximum absolute atomic E-state index is 12.1. The summed E-state index contributed by atoms with van der Waals surface area (Å²) in [6, 6.07) is 8.89. The summed E-state index contributed by atoms with van der Waals surface area (Å²) in [7, 11) is 0. The fourth-order valence-electron chi connectivity index (χ4n) is 1.98. The van der Waals surface area contributed by atoms with Crippen LogP contribution < -0.4 is 11.1 Å². The molecule has 2 rings (SSSR count). The molecule has 4 N–H and O–H groups in total. The summed E-state index contributed by atoms with van der Waals surface area (Å²) in [6.07, 6.45) is 0.506. The number of rotatable bonds is 4. The summed E-state index contributed by atoms with van der Waals surface area (Å²) in [4.78, 5) is 12.1. The van der Waals surface area contributed by atoms with E-state index in [2.05, 4.69) is 5.32 Å². The van der Waals surface area contributed by atoms with E-state index in [1.165, 1.54) is 0 Å². The van der Waals surface area contributed by atoms with Crippen molar-refractivity contribution in [3.63, 3.8) is 0 Å². The van der Waals surface area contributed by atoms with Crippen molar-refractivity contribution >= 4 is 5.91 Å². The van der Waals surface area contributed by atoms with E-state index in [0.717, 1.165) is 5.56 Å². The maximum Gasteiger partial charge on any atom is 0.243 e. The minimum absolute atomic E-state index is 0.160. The lowest BCUT2D eigenvalue weighted by atomic mass is 9.98. The van der Waals surface area contributed by atoms with Crippen molar-refractivity contribution in [2.24, 2.45) is 5.73 Å². The number of benzene rings is 1. The van der Waals surface area contributed by atoms with Gasteiger partial charge < -0.3 is 20.9 Å². The van der Waals surface area contributed by atoms with Gasteiger partial charge in [0.1, 0.15) is 5.54 Å². The van der Waals surface area contributed by atoms with Gasteiger partial charge in [0.05, 0.1) is 19.3 Å². The van der Waals surface area contributed by atoms with Gasteiger partial charge in [-0.2, -0.15) is 0 Å². The van der Waals surface area contributed by atoms with E-state index >= 15 is 0 Å². The van der Waals surface area contributed by atoms with E-state index in [1.54, 1.807) is 0 Å². The Balaban J connectivity index is 2.05. The van der Waals surface area contributed by atoms with Crippen LogP contribution in [-0.2, 0) is 9.53 Å². The van der Waals surface area contributed by atoms with E-state index in [0.29, 0.717) is 13.0 Å². The van der Waals surface area contributed by atoms with Crippen LogP contribution in [0, 0.1) is 0 Å². The molecule has 1 unspecified atom stereocenters. The number of nitrogens with one attached hydrogen (secondary N) is 1. The predicted octanol–water partition coefficient (Wildman–Crippen LogP) is -0.0460. The van der Waals surface area contributed by atoms with Gasteiger partial charge >= 0.3 is 0 Å². The Labute approximate surface area is 106 Å². The molecule has 1 aliphatic heterocycles. The van der Waals surface area contributed by atoms with Crippen molar-refractivity contribution in [3.05, 3.63) is 35.9 Å². The molecule has 18 heavy (non-hydrogen) atoms. The van der Waals surface area contributed by atoms with Crippen LogP contribution in [0.3, 0.4) is 0 Å². The molecule has 5 nitrogen and oxygen atoms in total. The van der Waals surface area contributed by atoms with Crippen LogP contribution in [-0.4, -0.2) is 36.4 Å². The normalized spacial score (nSPS) is 24.8. The minimum Gasteiger partial charge on any atom is -0.394 e. The molecular weight excluding hydrogens is 232 g/mol. The number of hydrogen-bond donors (Lipinski definition) is 3. The average molecular weight is 250 g/mol. The monoisotopic (exact) mass is 250 g/mol. The lowest BCUT2D eigenvalue weighted by molar-refractivity contribution is -0.127. The summed E-state index contributed by atoms with van der Waals surface area (Å²) in [5, 5.41) is 12.1. The molecule has 98 valence electrons. The number of aliphatic hydroxyl groups excluding tert-OH is 1. The summed E-state index contributed by atoms with van der Waals surface area (Å²) >= 11 is 0. The van der Waals surface area contributed by atoms with Gasteiger partial charge in [0.15, 0.2) is 0 Å². The van der Waals surface area contributed by atoms with Gasteiger partial charge in [0.25, 0.3) is 0 Å². The molecule has 0 aliphatic carbocycles. The molecule has 1 amide bonds. The number of hydrogen-bond acceptors (Lipinski definition) is 4. The number of carbonyl (C=O) groups is 1. The van der Waals surface area contributed by atoms with Crippen molar-refractivity contribution in [2.75, 3.05) is 19.8 Å². The zero-order valence-electron chi connectivity index (χ0n) is 10.1. The van der Waals surface area contributed by atoms with Gasteiger partial charge in [-0.05, 0) is 12.0 Å². The van der Waals surface area contributed by atoms with Crippen LogP contribution >= 0.6 is 0 Å². The van der Waals surface area contributed by atoms with E-state index < -0.39 is 11.6 Å². The molecule has 0 aromatic heterocycles. The Morgan fingerprint density at radius 3 is 2.78 bits per heavy atom. The van der Waals surface area contributed by atoms with Crippen LogP contribution in [0.15, 0.2) is 30.3 Å². The highest BCUT2D eigenvalue weighted by Crippen LogP contribution is 2.18. The van der Waals surface area contributed by atoms with Crippen LogP contribution in [0.4, 0.5) is 0 Å². The highest BCUT2D eigenvalue weighted by molar-refractivity contribution is 5.86. The van der Waals surface area contributed by atoms with Crippen LogP contribution in [0.2, 0.25) is 0 Å². The Morgan fingerprint density at radius 1 is 1.50 bits per heavy atom. The van der Waals surface area contributed by atoms with Crippen molar-refractivity contribution < 1.29 is 14.6 Å². The first-order valence-corrected chi connectivity index (χ1v) is 5.99. The summed E-state index contributed by atoms with van der Waals surface area (Å²) < 4.78 is 5.15. The second-order valence-corrected chi connectivity index (χ2v) is 4.58. The second kappa shape index (κ2) is 5.48. The molecule has 0 radical (unpaired) electrons. The molecule has 0 spiro atoms. The molecule has 2 atom stereocenters. The lowest BCUT2D eigenvalue weighted by Gasteiger charge is -2.25. The van der Waals surface area contributed by atoms with Crippen molar-refractivity contribution in [1.29, 1.82) is 0 Å². The first-order chi connectivity index (χ1) is 8.65. The van der Waals surface area contributed by atoms with E-state index in [1.807, 2.05) is 30.3 Å². The Morgan fingerprint density at radius 2 is 2.22 bits per heavy atom. The van der Waals surface area contributed by atoms with Crippen molar-refractivity contribution in [2.45, 2.75) is 18.0 Å². The Bertz CT molecular complexity index is 402.